The van der Waals surface area contributed by atoms with E-state index >= 15 is 0 Å². The van der Waals surface area contributed by atoms with Gasteiger partial charge in [-0.15, -0.1) is 0 Å². The quantitative estimate of drug-likeness (QED) is 0.405. The second-order valence-electron chi connectivity index (χ2n) is 5.27. The molecule has 4 nitrogen and oxygen atoms in total. The molecule has 3 N–H and O–H groups in total. The van der Waals surface area contributed by atoms with Gasteiger partial charge in [-0.2, -0.15) is 0 Å². The number of carboxylic acid groups (broad SMARTS) is 1. The fraction of sp³-hybridized carbons (Fsp3) is 0.867. The second-order valence-corrected chi connectivity index (χ2v) is 5.27. The van der Waals surface area contributed by atoms with E-state index in [1.54, 1.807) is 0 Å². The number of hydrogen-bond acceptors (Lipinski definition) is 3. The summed E-state index contributed by atoms with van der Waals surface area (Å²) in [5.41, 5.74) is 5.31. The number of Topliss-reactive ketones (excluding diaryl/α,β-unsaturated/α-hetero) is 1. The Morgan fingerprint density at radius 2 is 1.40 bits per heavy atom. The molecule has 0 aliphatic heterocycles. The maximum atomic E-state index is 11.4. The molecular formula is C15H30KNO3. The summed E-state index contributed by atoms with van der Waals surface area (Å²) in [5.74, 6) is -1.13. The van der Waals surface area contributed by atoms with Gasteiger partial charge in [0.1, 0.15) is 11.8 Å². The van der Waals surface area contributed by atoms with Gasteiger partial charge in [0.2, 0.25) is 0 Å². The molecule has 0 radical (unpaired) electrons. The van der Waals surface area contributed by atoms with Gasteiger partial charge in [-0.3, -0.25) is 9.59 Å². The number of rotatable bonds is 13. The molecule has 114 valence electrons. The van der Waals surface area contributed by atoms with Crippen molar-refractivity contribution in [1.82, 2.24) is 0 Å². The molecular weight excluding hydrogens is 281 g/mol. The first-order chi connectivity index (χ1) is 9.07. The van der Waals surface area contributed by atoms with Crippen LogP contribution in [0.3, 0.4) is 0 Å². The number of aliphatic carboxylic acids is 1. The predicted molar refractivity (Wildman–Crippen MR) is 84.2 cm³/mol. The number of carbonyl (C=O) groups excluding carboxylic acids is 1. The third kappa shape index (κ3) is 15.1. The third-order valence-corrected chi connectivity index (χ3v) is 3.32. The Kier molecular flexibility index (Phi) is 18.5. The predicted octanol–water partition coefficient (Wildman–Crippen LogP) is 2.63. The zero-order valence-electron chi connectivity index (χ0n) is 12.2. The molecule has 0 saturated heterocycles. The average Bonchev–Trinajstić information content (AvgIpc) is 2.36. The summed E-state index contributed by atoms with van der Waals surface area (Å²) in [5, 5.41) is 8.58. The monoisotopic (exact) mass is 311 g/mol. The van der Waals surface area contributed by atoms with Crippen LogP contribution < -0.4 is 5.73 Å². The van der Waals surface area contributed by atoms with Crippen LogP contribution in [0.25, 0.3) is 0 Å². The Labute approximate surface area is 165 Å². The molecule has 0 aromatic carbocycles. The van der Waals surface area contributed by atoms with Crippen molar-refractivity contribution in [2.24, 2.45) is 5.73 Å². The molecule has 0 rings (SSSR count). The van der Waals surface area contributed by atoms with E-state index in [1.165, 1.54) is 44.9 Å². The van der Waals surface area contributed by atoms with Gasteiger partial charge in [-0.25, -0.2) is 0 Å². The number of unbranched alkanes of at least 4 members (excludes halogenated alkanes) is 8. The Balaban J connectivity index is 0. The Bertz CT molecular complexity index is 260. The van der Waals surface area contributed by atoms with Crippen LogP contribution in [0.2, 0.25) is 0 Å². The van der Waals surface area contributed by atoms with Crippen molar-refractivity contribution in [3.8, 4) is 0 Å². The van der Waals surface area contributed by atoms with Gasteiger partial charge in [-0.1, -0.05) is 58.3 Å². The van der Waals surface area contributed by atoms with Gasteiger partial charge in [0.25, 0.3) is 0 Å². The van der Waals surface area contributed by atoms with E-state index in [0.29, 0.717) is 6.42 Å². The topological polar surface area (TPSA) is 80.4 Å². The van der Waals surface area contributed by atoms with Crippen LogP contribution >= 0.6 is 0 Å². The molecule has 0 aromatic heterocycles. The molecule has 0 bridgehead atoms. The summed E-state index contributed by atoms with van der Waals surface area (Å²) in [4.78, 5) is 21.9. The average molecular weight is 312 g/mol. The molecule has 5 heteroatoms. The Morgan fingerprint density at radius 3 is 1.85 bits per heavy atom. The van der Waals surface area contributed by atoms with Gasteiger partial charge in [0, 0.05) is 12.8 Å². The molecule has 1 atom stereocenters. The standard InChI is InChI=1S/C15H29NO3.K.H/c1-2-3-4-5-6-7-8-9-10-11-13(17)12-14(16)15(18)19;;/h14H,2-12,16H2,1H3,(H,18,19);;/t14-;;/m0../s1. The third-order valence-electron chi connectivity index (χ3n) is 3.32. The maximum absolute atomic E-state index is 11.4. The van der Waals surface area contributed by atoms with Gasteiger partial charge < -0.3 is 10.8 Å². The van der Waals surface area contributed by atoms with E-state index in [2.05, 4.69) is 6.92 Å². The van der Waals surface area contributed by atoms with Crippen LogP contribution in [0.1, 0.15) is 77.6 Å². The molecule has 0 fully saturated rings. The van der Waals surface area contributed by atoms with Gasteiger partial charge in [0.15, 0.2) is 0 Å². The van der Waals surface area contributed by atoms with Crippen LogP contribution in [-0.4, -0.2) is 74.3 Å². The van der Waals surface area contributed by atoms with Crippen molar-refractivity contribution < 1.29 is 14.7 Å². The summed E-state index contributed by atoms with van der Waals surface area (Å²) in [6, 6.07) is -1.04. The first-order valence-corrected chi connectivity index (χ1v) is 7.58. The van der Waals surface area contributed by atoms with E-state index in [-0.39, 0.29) is 63.6 Å². The normalized spacial score (nSPS) is 11.7. The van der Waals surface area contributed by atoms with Crippen LogP contribution in [0.4, 0.5) is 0 Å². The summed E-state index contributed by atoms with van der Waals surface area (Å²) in [7, 11) is 0. The van der Waals surface area contributed by atoms with E-state index in [1.807, 2.05) is 0 Å². The molecule has 0 heterocycles. The van der Waals surface area contributed by atoms with Crippen molar-refractivity contribution in [2.45, 2.75) is 83.6 Å². The summed E-state index contributed by atoms with van der Waals surface area (Å²) >= 11 is 0. The van der Waals surface area contributed by atoms with Crippen LogP contribution in [0, 0.1) is 0 Å². The van der Waals surface area contributed by atoms with E-state index < -0.39 is 12.0 Å². The molecule has 20 heavy (non-hydrogen) atoms. The molecule has 0 aliphatic carbocycles. The molecule has 0 amide bonds. The fourth-order valence-corrected chi connectivity index (χ4v) is 2.07. The van der Waals surface area contributed by atoms with E-state index in [4.69, 9.17) is 10.8 Å². The van der Waals surface area contributed by atoms with Crippen molar-refractivity contribution in [3.63, 3.8) is 0 Å². The van der Waals surface area contributed by atoms with E-state index in [9.17, 15) is 9.59 Å². The number of carbonyl (C=O) groups is 2. The molecule has 0 aliphatic rings. The number of carboxylic acids is 1. The summed E-state index contributed by atoms with van der Waals surface area (Å²) in [6.07, 6.45) is 11.3. The first-order valence-electron chi connectivity index (χ1n) is 7.58. The minimum atomic E-state index is -1.10. The minimum absolute atomic E-state index is 0. The summed E-state index contributed by atoms with van der Waals surface area (Å²) in [6.45, 7) is 2.22. The zero-order valence-corrected chi connectivity index (χ0v) is 12.2. The molecule has 0 spiro atoms. The Hall–Kier alpha value is 0.736. The zero-order chi connectivity index (χ0) is 14.5. The SMILES string of the molecule is CCCCCCCCCCCC(=O)C[C@H](N)C(=O)O.[KH]. The van der Waals surface area contributed by atoms with Gasteiger partial charge >= 0.3 is 57.4 Å². The Morgan fingerprint density at radius 1 is 0.950 bits per heavy atom. The summed E-state index contributed by atoms with van der Waals surface area (Å²) < 4.78 is 0. The number of ketones is 1. The van der Waals surface area contributed by atoms with Crippen molar-refractivity contribution in [1.29, 1.82) is 0 Å². The molecule has 0 unspecified atom stereocenters. The first kappa shape index (κ1) is 23.0. The van der Waals surface area contributed by atoms with Crippen LogP contribution in [0.15, 0.2) is 0 Å². The number of nitrogens with two attached hydrogens (primary N) is 1. The van der Waals surface area contributed by atoms with Crippen molar-refractivity contribution >= 4 is 63.1 Å². The fourth-order valence-electron chi connectivity index (χ4n) is 2.07. The van der Waals surface area contributed by atoms with Crippen molar-refractivity contribution in [2.75, 3.05) is 0 Å². The second kappa shape index (κ2) is 16.1. The molecule has 0 saturated carbocycles. The van der Waals surface area contributed by atoms with Crippen LogP contribution in [-0.2, 0) is 9.59 Å². The van der Waals surface area contributed by atoms with Crippen LogP contribution in [0.5, 0.6) is 0 Å². The number of hydrogen-bond donors (Lipinski definition) is 2. The van der Waals surface area contributed by atoms with Gasteiger partial charge in [0.05, 0.1) is 0 Å². The molecule has 0 aromatic rings. The van der Waals surface area contributed by atoms with E-state index in [0.717, 1.165) is 12.8 Å². The van der Waals surface area contributed by atoms with Gasteiger partial charge in [-0.05, 0) is 6.42 Å². The van der Waals surface area contributed by atoms with Crippen molar-refractivity contribution in [3.05, 3.63) is 0 Å².